The SMILES string of the molecule is CC(=O)N(CC(=O)Nc1ccc(C)c(Cl)c1)c1cccc(Cl)c1Cl. The van der Waals surface area contributed by atoms with Crippen LogP contribution in [0.5, 0.6) is 0 Å². The van der Waals surface area contributed by atoms with Gasteiger partial charge < -0.3 is 10.2 Å². The van der Waals surface area contributed by atoms with E-state index in [1.54, 1.807) is 36.4 Å². The van der Waals surface area contributed by atoms with Gasteiger partial charge >= 0.3 is 0 Å². The molecule has 0 atom stereocenters. The summed E-state index contributed by atoms with van der Waals surface area (Å²) in [5.41, 5.74) is 1.84. The zero-order chi connectivity index (χ0) is 17.9. The number of carbonyl (C=O) groups excluding carboxylic acids is 2. The molecule has 0 fully saturated rings. The summed E-state index contributed by atoms with van der Waals surface area (Å²) < 4.78 is 0. The first-order chi connectivity index (χ1) is 11.3. The van der Waals surface area contributed by atoms with Crippen LogP contribution in [0.1, 0.15) is 12.5 Å². The molecule has 0 heterocycles. The third kappa shape index (κ3) is 4.41. The Morgan fingerprint density at radius 2 is 1.79 bits per heavy atom. The van der Waals surface area contributed by atoms with Crippen molar-refractivity contribution in [1.82, 2.24) is 0 Å². The van der Waals surface area contributed by atoms with Crippen LogP contribution in [-0.4, -0.2) is 18.4 Å². The number of aryl methyl sites for hydroxylation is 1. The number of nitrogens with one attached hydrogen (secondary N) is 1. The number of nitrogens with zero attached hydrogens (tertiary/aromatic N) is 1. The van der Waals surface area contributed by atoms with E-state index in [1.165, 1.54) is 11.8 Å². The smallest absolute Gasteiger partial charge is 0.244 e. The highest BCUT2D eigenvalue weighted by Crippen LogP contribution is 2.32. The lowest BCUT2D eigenvalue weighted by atomic mass is 10.2. The molecule has 0 spiro atoms. The predicted octanol–water partition coefficient (Wildman–Crippen LogP) is 4.95. The van der Waals surface area contributed by atoms with E-state index in [4.69, 9.17) is 34.8 Å². The van der Waals surface area contributed by atoms with E-state index in [0.29, 0.717) is 21.4 Å². The lowest BCUT2D eigenvalue weighted by Gasteiger charge is -2.22. The molecule has 126 valence electrons. The first-order valence-corrected chi connectivity index (χ1v) is 8.21. The van der Waals surface area contributed by atoms with E-state index >= 15 is 0 Å². The fourth-order valence-corrected chi connectivity index (χ4v) is 2.66. The lowest BCUT2D eigenvalue weighted by Crippen LogP contribution is -2.36. The van der Waals surface area contributed by atoms with Gasteiger partial charge in [0.05, 0.1) is 15.7 Å². The number of hydrogen-bond acceptors (Lipinski definition) is 2. The van der Waals surface area contributed by atoms with Crippen LogP contribution in [0, 0.1) is 6.92 Å². The van der Waals surface area contributed by atoms with Gasteiger partial charge in [-0.1, -0.05) is 46.9 Å². The van der Waals surface area contributed by atoms with Gasteiger partial charge in [-0.25, -0.2) is 0 Å². The zero-order valence-corrected chi connectivity index (χ0v) is 15.3. The Kier molecular flexibility index (Phi) is 6.10. The summed E-state index contributed by atoms with van der Waals surface area (Å²) in [6.07, 6.45) is 0. The molecule has 7 heteroatoms. The molecule has 1 N–H and O–H groups in total. The Balaban J connectivity index is 2.18. The van der Waals surface area contributed by atoms with Gasteiger partial charge in [0.2, 0.25) is 11.8 Å². The third-order valence-corrected chi connectivity index (χ3v) is 4.58. The Labute approximate surface area is 155 Å². The number of benzene rings is 2. The maximum Gasteiger partial charge on any atom is 0.244 e. The van der Waals surface area contributed by atoms with E-state index in [0.717, 1.165) is 5.56 Å². The van der Waals surface area contributed by atoms with Crippen molar-refractivity contribution in [3.05, 3.63) is 57.0 Å². The first-order valence-electron chi connectivity index (χ1n) is 7.07. The van der Waals surface area contributed by atoms with Gasteiger partial charge in [0, 0.05) is 17.6 Å². The summed E-state index contributed by atoms with van der Waals surface area (Å²) in [5, 5.41) is 3.79. The molecule has 0 aliphatic heterocycles. The Bertz CT molecular complexity index is 793. The number of carbonyl (C=O) groups is 2. The quantitative estimate of drug-likeness (QED) is 0.810. The van der Waals surface area contributed by atoms with Crippen molar-refractivity contribution < 1.29 is 9.59 Å². The molecule has 0 saturated carbocycles. The van der Waals surface area contributed by atoms with Crippen LogP contribution >= 0.6 is 34.8 Å². The van der Waals surface area contributed by atoms with Crippen molar-refractivity contribution in [1.29, 1.82) is 0 Å². The fraction of sp³-hybridized carbons (Fsp3) is 0.176. The highest BCUT2D eigenvalue weighted by Gasteiger charge is 2.19. The fourth-order valence-electron chi connectivity index (χ4n) is 2.08. The largest absolute Gasteiger partial charge is 0.324 e. The van der Waals surface area contributed by atoms with E-state index < -0.39 is 0 Å². The van der Waals surface area contributed by atoms with Gasteiger partial charge in [-0.3, -0.25) is 9.59 Å². The molecular weight excluding hydrogens is 371 g/mol. The molecule has 0 bridgehead atoms. The molecule has 0 saturated heterocycles. The van der Waals surface area contributed by atoms with Crippen molar-refractivity contribution in [2.45, 2.75) is 13.8 Å². The van der Waals surface area contributed by atoms with E-state index in [9.17, 15) is 9.59 Å². The van der Waals surface area contributed by atoms with Gasteiger partial charge in [0.25, 0.3) is 0 Å². The summed E-state index contributed by atoms with van der Waals surface area (Å²) in [5.74, 6) is -0.697. The topological polar surface area (TPSA) is 49.4 Å². The van der Waals surface area contributed by atoms with Crippen LogP contribution in [0.25, 0.3) is 0 Å². The molecule has 0 unspecified atom stereocenters. The Hall–Kier alpha value is -1.75. The van der Waals surface area contributed by atoms with E-state index in [-0.39, 0.29) is 23.4 Å². The Morgan fingerprint density at radius 3 is 2.42 bits per heavy atom. The summed E-state index contributed by atoms with van der Waals surface area (Å²) >= 11 is 18.2. The minimum absolute atomic E-state index is 0.194. The van der Waals surface area contributed by atoms with Crippen molar-refractivity contribution in [3.8, 4) is 0 Å². The molecule has 0 aromatic heterocycles. The molecule has 2 amide bonds. The van der Waals surface area contributed by atoms with Crippen molar-refractivity contribution in [2.75, 3.05) is 16.8 Å². The van der Waals surface area contributed by atoms with Gasteiger partial charge in [-0.15, -0.1) is 0 Å². The van der Waals surface area contributed by atoms with Crippen molar-refractivity contribution in [2.24, 2.45) is 0 Å². The van der Waals surface area contributed by atoms with Crippen LogP contribution in [-0.2, 0) is 9.59 Å². The molecule has 24 heavy (non-hydrogen) atoms. The first kappa shape index (κ1) is 18.6. The molecule has 2 rings (SSSR count). The second-order valence-corrected chi connectivity index (χ2v) is 6.38. The third-order valence-electron chi connectivity index (χ3n) is 3.36. The van der Waals surface area contributed by atoms with Gasteiger partial charge in [-0.05, 0) is 36.8 Å². The zero-order valence-electron chi connectivity index (χ0n) is 13.1. The highest BCUT2D eigenvalue weighted by atomic mass is 35.5. The molecule has 0 radical (unpaired) electrons. The minimum Gasteiger partial charge on any atom is -0.324 e. The lowest BCUT2D eigenvalue weighted by molar-refractivity contribution is -0.120. The summed E-state index contributed by atoms with van der Waals surface area (Å²) in [4.78, 5) is 25.4. The number of halogens is 3. The van der Waals surface area contributed by atoms with Crippen molar-refractivity contribution >= 4 is 58.0 Å². The van der Waals surface area contributed by atoms with E-state index in [1.807, 2.05) is 6.92 Å². The predicted molar refractivity (Wildman–Crippen MR) is 99.3 cm³/mol. The monoisotopic (exact) mass is 384 g/mol. The van der Waals surface area contributed by atoms with Crippen LogP contribution < -0.4 is 10.2 Å². The summed E-state index contributed by atoms with van der Waals surface area (Å²) in [6.45, 7) is 3.03. The van der Waals surface area contributed by atoms with Crippen LogP contribution in [0.15, 0.2) is 36.4 Å². The second-order valence-electron chi connectivity index (χ2n) is 5.19. The molecule has 4 nitrogen and oxygen atoms in total. The molecule has 0 aliphatic carbocycles. The normalized spacial score (nSPS) is 10.4. The molecule has 0 aliphatic rings. The maximum absolute atomic E-state index is 12.3. The minimum atomic E-state index is -0.374. The number of hydrogen-bond donors (Lipinski definition) is 1. The van der Waals surface area contributed by atoms with Gasteiger partial charge in [0.1, 0.15) is 6.54 Å². The number of anilines is 2. The van der Waals surface area contributed by atoms with Crippen LogP contribution in [0.3, 0.4) is 0 Å². The Morgan fingerprint density at radius 1 is 1.08 bits per heavy atom. The maximum atomic E-state index is 12.3. The van der Waals surface area contributed by atoms with Gasteiger partial charge in [0.15, 0.2) is 0 Å². The molecule has 2 aromatic rings. The van der Waals surface area contributed by atoms with Gasteiger partial charge in [-0.2, -0.15) is 0 Å². The molecule has 2 aromatic carbocycles. The standard InChI is InChI=1S/C17H15Cl3N2O2/c1-10-6-7-12(8-14(10)19)21-16(24)9-22(11(2)23)15-5-3-4-13(18)17(15)20/h3-8H,9H2,1-2H3,(H,21,24). The van der Waals surface area contributed by atoms with Crippen LogP contribution in [0.2, 0.25) is 15.1 Å². The average Bonchev–Trinajstić information content (AvgIpc) is 2.51. The van der Waals surface area contributed by atoms with Crippen LogP contribution in [0.4, 0.5) is 11.4 Å². The summed E-state index contributed by atoms with van der Waals surface area (Å²) in [7, 11) is 0. The number of rotatable bonds is 4. The van der Waals surface area contributed by atoms with E-state index in [2.05, 4.69) is 5.32 Å². The van der Waals surface area contributed by atoms with Crippen molar-refractivity contribution in [3.63, 3.8) is 0 Å². The highest BCUT2D eigenvalue weighted by molar-refractivity contribution is 6.44. The number of amides is 2. The average molecular weight is 386 g/mol. The summed E-state index contributed by atoms with van der Waals surface area (Å²) in [6, 6.07) is 10.1. The molecular formula is C17H15Cl3N2O2. The second kappa shape index (κ2) is 7.88.